The summed E-state index contributed by atoms with van der Waals surface area (Å²) in [5, 5.41) is 0.835. The van der Waals surface area contributed by atoms with E-state index in [4.69, 9.17) is 17.3 Å². The van der Waals surface area contributed by atoms with Gasteiger partial charge >= 0.3 is 0 Å². The Labute approximate surface area is 109 Å². The summed E-state index contributed by atoms with van der Waals surface area (Å²) in [7, 11) is 2.07. The monoisotopic (exact) mass is 262 g/mol. The standard InChI is InChI=1S/C12H19ClN2.ClH/c1-9-4-5-11(6-12(9)13)8-15(3)10(2)7-14;/h4-6,10H,7-8,14H2,1-3H3;1H. The normalized spacial score (nSPS) is 12.4. The van der Waals surface area contributed by atoms with E-state index in [0.717, 1.165) is 17.1 Å². The van der Waals surface area contributed by atoms with Crippen LogP contribution in [0, 0.1) is 6.92 Å². The average Bonchev–Trinajstić information content (AvgIpc) is 2.22. The van der Waals surface area contributed by atoms with Crippen LogP contribution in [-0.2, 0) is 6.54 Å². The van der Waals surface area contributed by atoms with Gasteiger partial charge in [0, 0.05) is 24.2 Å². The Bertz CT molecular complexity index is 329. The van der Waals surface area contributed by atoms with Crippen molar-refractivity contribution < 1.29 is 0 Å². The van der Waals surface area contributed by atoms with Gasteiger partial charge in [-0.15, -0.1) is 12.4 Å². The van der Waals surface area contributed by atoms with Crippen molar-refractivity contribution in [1.82, 2.24) is 4.90 Å². The minimum atomic E-state index is 0. The lowest BCUT2D eigenvalue weighted by Crippen LogP contribution is -2.34. The minimum absolute atomic E-state index is 0. The zero-order chi connectivity index (χ0) is 11.4. The number of likely N-dealkylation sites (N-methyl/N-ethyl adjacent to an activating group) is 1. The first-order chi connectivity index (χ1) is 7.04. The fourth-order valence-electron chi connectivity index (χ4n) is 1.36. The molecule has 0 aliphatic carbocycles. The minimum Gasteiger partial charge on any atom is -0.329 e. The van der Waals surface area contributed by atoms with Gasteiger partial charge in [-0.1, -0.05) is 23.7 Å². The summed E-state index contributed by atoms with van der Waals surface area (Å²) in [6.07, 6.45) is 0. The van der Waals surface area contributed by atoms with Gasteiger partial charge in [0.05, 0.1) is 0 Å². The van der Waals surface area contributed by atoms with E-state index in [2.05, 4.69) is 31.0 Å². The summed E-state index contributed by atoms with van der Waals surface area (Å²) >= 11 is 6.07. The first-order valence-corrected chi connectivity index (χ1v) is 5.57. The third-order valence-corrected chi connectivity index (χ3v) is 3.17. The van der Waals surface area contributed by atoms with Crippen LogP contribution in [0.5, 0.6) is 0 Å². The van der Waals surface area contributed by atoms with Crippen LogP contribution >= 0.6 is 24.0 Å². The Morgan fingerprint density at radius 2 is 2.06 bits per heavy atom. The quantitative estimate of drug-likeness (QED) is 0.905. The van der Waals surface area contributed by atoms with Crippen LogP contribution in [0.4, 0.5) is 0 Å². The SMILES string of the molecule is Cc1ccc(CN(C)C(C)CN)cc1Cl.Cl. The second-order valence-corrected chi connectivity index (χ2v) is 4.49. The van der Waals surface area contributed by atoms with Crippen LogP contribution in [0.2, 0.25) is 5.02 Å². The van der Waals surface area contributed by atoms with Crippen molar-refractivity contribution in [3.05, 3.63) is 34.3 Å². The van der Waals surface area contributed by atoms with Gasteiger partial charge in [0.25, 0.3) is 0 Å². The maximum Gasteiger partial charge on any atom is 0.0438 e. The third kappa shape index (κ3) is 4.30. The number of nitrogens with zero attached hydrogens (tertiary/aromatic N) is 1. The molecule has 0 saturated heterocycles. The highest BCUT2D eigenvalue weighted by Crippen LogP contribution is 2.17. The number of rotatable bonds is 4. The van der Waals surface area contributed by atoms with Crippen LogP contribution < -0.4 is 5.73 Å². The first kappa shape index (κ1) is 15.7. The molecule has 0 amide bonds. The Kier molecular flexibility index (Phi) is 7.00. The van der Waals surface area contributed by atoms with Gasteiger partial charge in [-0.05, 0) is 38.1 Å². The molecule has 1 aromatic carbocycles. The molecule has 0 fully saturated rings. The van der Waals surface area contributed by atoms with Crippen LogP contribution in [-0.4, -0.2) is 24.5 Å². The van der Waals surface area contributed by atoms with Crippen molar-refractivity contribution in [1.29, 1.82) is 0 Å². The number of halogens is 2. The molecule has 1 rings (SSSR count). The Hall–Kier alpha value is -0.280. The molecule has 0 saturated carbocycles. The van der Waals surface area contributed by atoms with E-state index >= 15 is 0 Å². The highest BCUT2D eigenvalue weighted by atomic mass is 35.5. The zero-order valence-electron chi connectivity index (χ0n) is 10.0. The molecule has 0 bridgehead atoms. The number of hydrogen-bond acceptors (Lipinski definition) is 2. The molecule has 0 spiro atoms. The lowest BCUT2D eigenvalue weighted by atomic mass is 10.1. The van der Waals surface area contributed by atoms with Crippen molar-refractivity contribution in [3.63, 3.8) is 0 Å². The molecule has 1 aromatic rings. The maximum atomic E-state index is 6.07. The third-order valence-electron chi connectivity index (χ3n) is 2.76. The summed E-state index contributed by atoms with van der Waals surface area (Å²) < 4.78 is 0. The smallest absolute Gasteiger partial charge is 0.0438 e. The van der Waals surface area contributed by atoms with E-state index in [1.54, 1.807) is 0 Å². The molecule has 16 heavy (non-hydrogen) atoms. The lowest BCUT2D eigenvalue weighted by molar-refractivity contribution is 0.255. The summed E-state index contributed by atoms with van der Waals surface area (Å²) in [5.41, 5.74) is 7.96. The van der Waals surface area contributed by atoms with E-state index in [9.17, 15) is 0 Å². The van der Waals surface area contributed by atoms with E-state index in [1.165, 1.54) is 5.56 Å². The van der Waals surface area contributed by atoms with Gasteiger partial charge in [0.1, 0.15) is 0 Å². The average molecular weight is 263 g/mol. The van der Waals surface area contributed by atoms with Crippen LogP contribution in [0.3, 0.4) is 0 Å². The summed E-state index contributed by atoms with van der Waals surface area (Å²) in [6.45, 7) is 5.70. The number of hydrogen-bond donors (Lipinski definition) is 1. The first-order valence-electron chi connectivity index (χ1n) is 5.20. The molecule has 4 heteroatoms. The van der Waals surface area contributed by atoms with Crippen LogP contribution in [0.1, 0.15) is 18.1 Å². The fraction of sp³-hybridized carbons (Fsp3) is 0.500. The van der Waals surface area contributed by atoms with Gasteiger partial charge in [0.2, 0.25) is 0 Å². The highest BCUT2D eigenvalue weighted by Gasteiger charge is 2.07. The number of aryl methyl sites for hydroxylation is 1. The molecule has 0 heterocycles. The van der Waals surface area contributed by atoms with E-state index in [0.29, 0.717) is 12.6 Å². The maximum absolute atomic E-state index is 6.07. The van der Waals surface area contributed by atoms with E-state index in [-0.39, 0.29) is 12.4 Å². The van der Waals surface area contributed by atoms with Crippen LogP contribution in [0.25, 0.3) is 0 Å². The van der Waals surface area contributed by atoms with Crippen molar-refractivity contribution in [3.8, 4) is 0 Å². The van der Waals surface area contributed by atoms with Crippen LogP contribution in [0.15, 0.2) is 18.2 Å². The molecular weight excluding hydrogens is 243 g/mol. The topological polar surface area (TPSA) is 29.3 Å². The van der Waals surface area contributed by atoms with E-state index < -0.39 is 0 Å². The molecule has 0 radical (unpaired) electrons. The Balaban J connectivity index is 0.00000225. The van der Waals surface area contributed by atoms with Gasteiger partial charge in [-0.25, -0.2) is 0 Å². The summed E-state index contributed by atoms with van der Waals surface area (Å²) in [5.74, 6) is 0. The van der Waals surface area contributed by atoms with Crippen molar-refractivity contribution >= 4 is 24.0 Å². The van der Waals surface area contributed by atoms with Gasteiger partial charge < -0.3 is 5.73 Å². The molecule has 2 N–H and O–H groups in total. The molecular formula is C12H20Cl2N2. The molecule has 1 atom stereocenters. The second-order valence-electron chi connectivity index (χ2n) is 4.08. The lowest BCUT2D eigenvalue weighted by Gasteiger charge is -2.23. The fourth-order valence-corrected chi connectivity index (χ4v) is 1.56. The Morgan fingerprint density at radius 1 is 1.44 bits per heavy atom. The molecule has 2 nitrogen and oxygen atoms in total. The summed E-state index contributed by atoms with van der Waals surface area (Å²) in [4.78, 5) is 2.22. The molecule has 0 aliphatic heterocycles. The summed E-state index contributed by atoms with van der Waals surface area (Å²) in [6, 6.07) is 6.58. The van der Waals surface area contributed by atoms with Gasteiger partial charge in [-0.2, -0.15) is 0 Å². The zero-order valence-corrected chi connectivity index (χ0v) is 11.6. The van der Waals surface area contributed by atoms with Crippen molar-refractivity contribution in [2.45, 2.75) is 26.4 Å². The van der Waals surface area contributed by atoms with Gasteiger partial charge in [-0.3, -0.25) is 4.90 Å². The molecule has 1 unspecified atom stereocenters. The predicted octanol–water partition coefficient (Wildman–Crippen LogP) is 2.85. The van der Waals surface area contributed by atoms with Crippen molar-refractivity contribution in [2.24, 2.45) is 5.73 Å². The number of benzene rings is 1. The van der Waals surface area contributed by atoms with Crippen molar-refractivity contribution in [2.75, 3.05) is 13.6 Å². The highest BCUT2D eigenvalue weighted by molar-refractivity contribution is 6.31. The Morgan fingerprint density at radius 3 is 2.56 bits per heavy atom. The predicted molar refractivity (Wildman–Crippen MR) is 73.4 cm³/mol. The van der Waals surface area contributed by atoms with Gasteiger partial charge in [0.15, 0.2) is 0 Å². The molecule has 0 aliphatic rings. The second kappa shape index (κ2) is 7.13. The molecule has 0 aromatic heterocycles. The molecule has 92 valence electrons. The van der Waals surface area contributed by atoms with E-state index in [1.807, 2.05) is 13.0 Å². The largest absolute Gasteiger partial charge is 0.329 e. The number of nitrogens with two attached hydrogens (primary N) is 1.